The van der Waals surface area contributed by atoms with E-state index in [1.165, 1.54) is 30.7 Å². The SMILES string of the molecule is CC(=O)Oc1ccc2ccccc2c1C1=NN(C(C)=O)C(CN(C(C)=O)c2ccc(Cl)cc2C)O1. The van der Waals surface area contributed by atoms with E-state index >= 15 is 0 Å². The number of rotatable bonds is 5. The van der Waals surface area contributed by atoms with E-state index in [9.17, 15) is 14.4 Å². The molecule has 9 heteroatoms. The molecule has 0 aliphatic carbocycles. The molecule has 0 bridgehead atoms. The van der Waals surface area contributed by atoms with Crippen molar-refractivity contribution in [2.45, 2.75) is 33.9 Å². The Morgan fingerprint density at radius 1 is 1.09 bits per heavy atom. The van der Waals surface area contributed by atoms with Gasteiger partial charge in [0.05, 0.1) is 12.1 Å². The van der Waals surface area contributed by atoms with Crippen molar-refractivity contribution in [3.8, 4) is 5.75 Å². The highest BCUT2D eigenvalue weighted by molar-refractivity contribution is 6.30. The smallest absolute Gasteiger partial charge is 0.308 e. The number of ether oxygens (including phenoxy) is 2. The largest absolute Gasteiger partial charge is 0.448 e. The van der Waals surface area contributed by atoms with Crippen molar-refractivity contribution in [1.29, 1.82) is 0 Å². The summed E-state index contributed by atoms with van der Waals surface area (Å²) in [5, 5.41) is 7.79. The molecular weight excluding hydrogens is 470 g/mol. The molecule has 1 aliphatic rings. The normalized spacial score (nSPS) is 14.9. The second-order valence-corrected chi connectivity index (χ2v) is 8.59. The quantitative estimate of drug-likeness (QED) is 0.381. The summed E-state index contributed by atoms with van der Waals surface area (Å²) >= 11 is 6.09. The maximum Gasteiger partial charge on any atom is 0.308 e. The van der Waals surface area contributed by atoms with Crippen molar-refractivity contribution in [3.63, 3.8) is 0 Å². The number of anilines is 1. The number of aryl methyl sites for hydroxylation is 1. The summed E-state index contributed by atoms with van der Waals surface area (Å²) in [7, 11) is 0. The van der Waals surface area contributed by atoms with Gasteiger partial charge in [-0.25, -0.2) is 0 Å². The average Bonchev–Trinajstić information content (AvgIpc) is 3.21. The van der Waals surface area contributed by atoms with Crippen molar-refractivity contribution in [3.05, 3.63) is 70.7 Å². The van der Waals surface area contributed by atoms with Crippen LogP contribution in [0.25, 0.3) is 10.8 Å². The third kappa shape index (κ3) is 4.97. The molecule has 0 fully saturated rings. The maximum atomic E-state index is 12.6. The first-order valence-corrected chi connectivity index (χ1v) is 11.3. The van der Waals surface area contributed by atoms with Gasteiger partial charge in [0.2, 0.25) is 23.9 Å². The number of amides is 2. The Hall–Kier alpha value is -3.91. The summed E-state index contributed by atoms with van der Waals surface area (Å²) < 4.78 is 11.6. The number of hydrogen-bond acceptors (Lipinski definition) is 6. The van der Waals surface area contributed by atoms with Crippen molar-refractivity contribution in [2.24, 2.45) is 5.10 Å². The van der Waals surface area contributed by atoms with Crippen LogP contribution in [0.15, 0.2) is 59.7 Å². The number of carbonyl (C=O) groups is 3. The van der Waals surface area contributed by atoms with Crippen LogP contribution in [-0.4, -0.2) is 41.5 Å². The lowest BCUT2D eigenvalue weighted by Gasteiger charge is -2.28. The minimum absolute atomic E-state index is 0.0258. The van der Waals surface area contributed by atoms with Gasteiger partial charge in [-0.1, -0.05) is 41.9 Å². The van der Waals surface area contributed by atoms with Crippen LogP contribution in [0.5, 0.6) is 5.75 Å². The Morgan fingerprint density at radius 2 is 1.83 bits per heavy atom. The lowest BCUT2D eigenvalue weighted by Crippen LogP contribution is -2.44. The Morgan fingerprint density at radius 3 is 2.49 bits per heavy atom. The molecule has 2 amide bonds. The predicted octanol–water partition coefficient (Wildman–Crippen LogP) is 4.65. The third-order valence-corrected chi connectivity index (χ3v) is 5.80. The fraction of sp³-hybridized carbons (Fsp3) is 0.231. The van der Waals surface area contributed by atoms with E-state index in [1.54, 1.807) is 24.3 Å². The molecule has 1 heterocycles. The molecule has 1 atom stereocenters. The Bertz CT molecular complexity index is 1370. The van der Waals surface area contributed by atoms with Crippen LogP contribution < -0.4 is 9.64 Å². The van der Waals surface area contributed by atoms with Crippen molar-refractivity contribution in [1.82, 2.24) is 5.01 Å². The number of halogens is 1. The zero-order chi connectivity index (χ0) is 25.3. The molecule has 1 unspecified atom stereocenters. The number of esters is 1. The lowest BCUT2D eigenvalue weighted by atomic mass is 10.0. The molecule has 4 rings (SSSR count). The molecule has 3 aromatic carbocycles. The van der Waals surface area contributed by atoms with Gasteiger partial charge in [-0.15, -0.1) is 5.10 Å². The summed E-state index contributed by atoms with van der Waals surface area (Å²) in [5.41, 5.74) is 1.89. The van der Waals surface area contributed by atoms with Gasteiger partial charge < -0.3 is 14.4 Å². The summed E-state index contributed by atoms with van der Waals surface area (Å²) in [5.74, 6) is -0.718. The molecular formula is C26H24ClN3O5. The topological polar surface area (TPSA) is 88.5 Å². The summed E-state index contributed by atoms with van der Waals surface area (Å²) in [6.07, 6.45) is -0.898. The zero-order valence-corrected chi connectivity index (χ0v) is 20.5. The summed E-state index contributed by atoms with van der Waals surface area (Å²) in [6, 6.07) is 16.2. The van der Waals surface area contributed by atoms with Gasteiger partial charge in [-0.05, 0) is 47.5 Å². The average molecular weight is 494 g/mol. The second-order valence-electron chi connectivity index (χ2n) is 8.16. The van der Waals surface area contributed by atoms with Gasteiger partial charge in [-0.3, -0.25) is 14.4 Å². The van der Waals surface area contributed by atoms with E-state index in [4.69, 9.17) is 21.1 Å². The highest BCUT2D eigenvalue weighted by Crippen LogP contribution is 2.33. The number of carbonyl (C=O) groups excluding carboxylic acids is 3. The summed E-state index contributed by atoms with van der Waals surface area (Å²) in [4.78, 5) is 38.4. The second kappa shape index (κ2) is 9.76. The molecule has 0 saturated carbocycles. The fourth-order valence-electron chi connectivity index (χ4n) is 4.05. The van der Waals surface area contributed by atoms with E-state index in [2.05, 4.69) is 5.10 Å². The summed E-state index contributed by atoms with van der Waals surface area (Å²) in [6.45, 7) is 5.98. The van der Waals surface area contributed by atoms with E-state index in [0.717, 1.165) is 16.3 Å². The first kappa shape index (κ1) is 24.2. The minimum atomic E-state index is -0.898. The van der Waals surface area contributed by atoms with Gasteiger partial charge >= 0.3 is 5.97 Å². The van der Waals surface area contributed by atoms with Gasteiger partial charge in [0.1, 0.15) is 5.75 Å². The first-order valence-electron chi connectivity index (χ1n) is 11.0. The fourth-order valence-corrected chi connectivity index (χ4v) is 4.27. The maximum absolute atomic E-state index is 12.6. The van der Waals surface area contributed by atoms with Crippen molar-refractivity contribution >= 4 is 51.7 Å². The molecule has 8 nitrogen and oxygen atoms in total. The van der Waals surface area contributed by atoms with E-state index in [-0.39, 0.29) is 30.0 Å². The van der Waals surface area contributed by atoms with Crippen LogP contribution in [0.1, 0.15) is 31.9 Å². The molecule has 3 aromatic rings. The van der Waals surface area contributed by atoms with Gasteiger partial charge in [0.25, 0.3) is 0 Å². The highest BCUT2D eigenvalue weighted by atomic mass is 35.5. The Kier molecular flexibility index (Phi) is 6.75. The van der Waals surface area contributed by atoms with Crippen LogP contribution in [-0.2, 0) is 19.1 Å². The monoisotopic (exact) mass is 493 g/mol. The van der Waals surface area contributed by atoms with Gasteiger partial charge in [0.15, 0.2) is 0 Å². The molecule has 180 valence electrons. The van der Waals surface area contributed by atoms with Crippen molar-refractivity contribution < 1.29 is 23.9 Å². The Balaban J connectivity index is 1.75. The molecule has 0 spiro atoms. The molecule has 1 aliphatic heterocycles. The number of hydrogen-bond donors (Lipinski definition) is 0. The van der Waals surface area contributed by atoms with Crippen LogP contribution >= 0.6 is 11.6 Å². The van der Waals surface area contributed by atoms with Crippen molar-refractivity contribution in [2.75, 3.05) is 11.4 Å². The standard InChI is InChI=1S/C26H24ClN3O5/c1-15-13-20(27)10-11-22(15)29(16(2)31)14-24-30(17(3)32)28-26(35-24)25-21-8-6-5-7-19(21)9-12-23(25)34-18(4)33/h5-13,24H,14H2,1-4H3. The number of hydrazone groups is 1. The van der Waals surface area contributed by atoms with Crippen LogP contribution in [0, 0.1) is 6.92 Å². The van der Waals surface area contributed by atoms with Crippen LogP contribution in [0.4, 0.5) is 5.69 Å². The van der Waals surface area contributed by atoms with E-state index in [0.29, 0.717) is 16.3 Å². The molecule has 0 aromatic heterocycles. The predicted molar refractivity (Wildman–Crippen MR) is 133 cm³/mol. The third-order valence-electron chi connectivity index (χ3n) is 5.57. The van der Waals surface area contributed by atoms with E-state index < -0.39 is 12.2 Å². The highest BCUT2D eigenvalue weighted by Gasteiger charge is 2.36. The first-order chi connectivity index (χ1) is 16.7. The minimum Gasteiger partial charge on any atom is -0.448 e. The Labute approximate surface area is 207 Å². The number of fused-ring (bicyclic) bond motifs is 1. The number of nitrogens with zero attached hydrogens (tertiary/aromatic N) is 3. The van der Waals surface area contributed by atoms with Gasteiger partial charge in [-0.2, -0.15) is 5.01 Å². The van der Waals surface area contributed by atoms with E-state index in [1.807, 2.05) is 37.3 Å². The zero-order valence-electron chi connectivity index (χ0n) is 19.7. The van der Waals surface area contributed by atoms with Crippen LogP contribution in [0.2, 0.25) is 5.02 Å². The van der Waals surface area contributed by atoms with Gasteiger partial charge in [0, 0.05) is 31.5 Å². The lowest BCUT2D eigenvalue weighted by molar-refractivity contribution is -0.135. The molecule has 0 radical (unpaired) electrons. The molecule has 0 N–H and O–H groups in total. The molecule has 35 heavy (non-hydrogen) atoms. The number of benzene rings is 3. The molecule has 0 saturated heterocycles. The van der Waals surface area contributed by atoms with Crippen LogP contribution in [0.3, 0.4) is 0 Å².